The molecule has 0 unspecified atom stereocenters. The molecule has 1 aromatic carbocycles. The van der Waals surface area contributed by atoms with Crippen LogP contribution in [0.1, 0.15) is 50.6 Å². The third-order valence-electron chi connectivity index (χ3n) is 4.79. The van der Waals surface area contributed by atoms with Crippen LogP contribution in [0.25, 0.3) is 0 Å². The number of nitrogens with zero attached hydrogens (tertiary/aromatic N) is 5. The standard InChI is InChI=1S/C24H29N5/c1-24(2,3)19-29(23-12-13-26-22(17-25)27-23)18-21-10-8-20(9-11-21)7-6-16-28-14-4-5-15-28/h8-13H,4-5,14-16,18-19H2,1-3H3. The summed E-state index contributed by atoms with van der Waals surface area (Å²) in [6, 6.07) is 12.3. The largest absolute Gasteiger partial charge is 0.352 e. The predicted molar refractivity (Wildman–Crippen MR) is 116 cm³/mol. The van der Waals surface area contributed by atoms with Crippen LogP contribution in [0, 0.1) is 28.6 Å². The minimum atomic E-state index is 0.0960. The van der Waals surface area contributed by atoms with Crippen LogP contribution < -0.4 is 4.90 Å². The van der Waals surface area contributed by atoms with Crippen molar-refractivity contribution >= 4 is 5.82 Å². The van der Waals surface area contributed by atoms with Crippen LogP contribution in [-0.2, 0) is 6.54 Å². The van der Waals surface area contributed by atoms with E-state index in [0.29, 0.717) is 0 Å². The van der Waals surface area contributed by atoms with Crippen molar-refractivity contribution in [2.75, 3.05) is 31.1 Å². The Labute approximate surface area is 174 Å². The predicted octanol–water partition coefficient (Wildman–Crippen LogP) is 3.85. The minimum absolute atomic E-state index is 0.0960. The first-order chi connectivity index (χ1) is 13.9. The van der Waals surface area contributed by atoms with Crippen molar-refractivity contribution < 1.29 is 0 Å². The third-order valence-corrected chi connectivity index (χ3v) is 4.79. The molecule has 5 nitrogen and oxygen atoms in total. The molecule has 0 aliphatic carbocycles. The monoisotopic (exact) mass is 387 g/mol. The number of rotatable bonds is 5. The van der Waals surface area contributed by atoms with Gasteiger partial charge in [0.2, 0.25) is 5.82 Å². The molecule has 29 heavy (non-hydrogen) atoms. The number of hydrogen-bond acceptors (Lipinski definition) is 5. The Bertz CT molecular complexity index is 903. The minimum Gasteiger partial charge on any atom is -0.352 e. The van der Waals surface area contributed by atoms with E-state index in [4.69, 9.17) is 5.26 Å². The number of nitriles is 1. The van der Waals surface area contributed by atoms with Gasteiger partial charge in [0, 0.05) is 24.8 Å². The van der Waals surface area contributed by atoms with E-state index >= 15 is 0 Å². The maximum Gasteiger partial charge on any atom is 0.234 e. The lowest BCUT2D eigenvalue weighted by Crippen LogP contribution is -2.33. The van der Waals surface area contributed by atoms with E-state index in [-0.39, 0.29) is 11.2 Å². The summed E-state index contributed by atoms with van der Waals surface area (Å²) >= 11 is 0. The van der Waals surface area contributed by atoms with E-state index in [1.807, 2.05) is 12.1 Å². The van der Waals surface area contributed by atoms with Gasteiger partial charge in [-0.25, -0.2) is 9.97 Å². The molecule has 2 heterocycles. The van der Waals surface area contributed by atoms with Crippen LogP contribution in [0.4, 0.5) is 5.82 Å². The molecule has 0 bridgehead atoms. The molecule has 1 saturated heterocycles. The molecule has 1 aliphatic heterocycles. The first-order valence-corrected chi connectivity index (χ1v) is 10.2. The molecule has 1 aliphatic rings. The summed E-state index contributed by atoms with van der Waals surface area (Å²) in [5.41, 5.74) is 2.33. The van der Waals surface area contributed by atoms with Crippen molar-refractivity contribution in [3.63, 3.8) is 0 Å². The van der Waals surface area contributed by atoms with Crippen molar-refractivity contribution in [2.24, 2.45) is 5.41 Å². The highest BCUT2D eigenvalue weighted by molar-refractivity contribution is 5.42. The second kappa shape index (κ2) is 9.54. The van der Waals surface area contributed by atoms with Crippen LogP contribution in [0.3, 0.4) is 0 Å². The summed E-state index contributed by atoms with van der Waals surface area (Å²) < 4.78 is 0. The van der Waals surface area contributed by atoms with Crippen LogP contribution in [0.2, 0.25) is 0 Å². The van der Waals surface area contributed by atoms with Gasteiger partial charge < -0.3 is 4.90 Å². The molecule has 3 rings (SSSR count). The summed E-state index contributed by atoms with van der Waals surface area (Å²) in [5, 5.41) is 9.13. The molecule has 0 N–H and O–H groups in total. The zero-order valence-corrected chi connectivity index (χ0v) is 17.6. The molecule has 150 valence electrons. The number of anilines is 1. The molecule has 2 aromatic rings. The fraction of sp³-hybridized carbons (Fsp3) is 0.458. The van der Waals surface area contributed by atoms with Gasteiger partial charge in [0.05, 0.1) is 6.54 Å². The second-order valence-electron chi connectivity index (χ2n) is 8.75. The van der Waals surface area contributed by atoms with Gasteiger partial charge >= 0.3 is 0 Å². The van der Waals surface area contributed by atoms with E-state index in [9.17, 15) is 0 Å². The van der Waals surface area contributed by atoms with Crippen LogP contribution >= 0.6 is 0 Å². The Morgan fingerprint density at radius 2 is 1.83 bits per heavy atom. The molecular formula is C24H29N5. The van der Waals surface area contributed by atoms with Gasteiger partial charge in [0.15, 0.2) is 0 Å². The van der Waals surface area contributed by atoms with Crippen molar-refractivity contribution in [2.45, 2.75) is 40.2 Å². The second-order valence-corrected chi connectivity index (χ2v) is 8.75. The molecule has 0 amide bonds. The fourth-order valence-electron chi connectivity index (χ4n) is 3.48. The van der Waals surface area contributed by atoms with Gasteiger partial charge in [-0.05, 0) is 55.1 Å². The average molecular weight is 388 g/mol. The first kappa shape index (κ1) is 20.8. The zero-order valence-electron chi connectivity index (χ0n) is 17.6. The lowest BCUT2D eigenvalue weighted by Gasteiger charge is -2.31. The van der Waals surface area contributed by atoms with Gasteiger partial charge in [-0.3, -0.25) is 4.90 Å². The normalized spacial score (nSPS) is 14.1. The SMILES string of the molecule is CC(C)(C)CN(Cc1ccc(C#CCN2CCCC2)cc1)c1ccnc(C#N)n1. The average Bonchev–Trinajstić information content (AvgIpc) is 3.21. The van der Waals surface area contributed by atoms with E-state index in [0.717, 1.165) is 31.0 Å². The number of likely N-dealkylation sites (tertiary alicyclic amines) is 1. The van der Waals surface area contributed by atoms with Crippen LogP contribution in [-0.4, -0.2) is 41.0 Å². The highest BCUT2D eigenvalue weighted by atomic mass is 15.2. The summed E-state index contributed by atoms with van der Waals surface area (Å²) in [5.74, 6) is 7.54. The summed E-state index contributed by atoms with van der Waals surface area (Å²) in [6.45, 7) is 11.4. The van der Waals surface area contributed by atoms with Gasteiger partial charge in [-0.15, -0.1) is 0 Å². The lowest BCUT2D eigenvalue weighted by molar-refractivity contribution is 0.383. The quantitative estimate of drug-likeness (QED) is 0.730. The molecule has 5 heteroatoms. The van der Waals surface area contributed by atoms with E-state index in [2.05, 4.69) is 76.6 Å². The van der Waals surface area contributed by atoms with Crippen LogP contribution in [0.15, 0.2) is 36.5 Å². The van der Waals surface area contributed by atoms with Crippen molar-refractivity contribution in [1.82, 2.24) is 14.9 Å². The first-order valence-electron chi connectivity index (χ1n) is 10.2. The van der Waals surface area contributed by atoms with Gasteiger partial charge in [0.1, 0.15) is 11.9 Å². The third kappa shape index (κ3) is 6.59. The Morgan fingerprint density at radius 3 is 2.48 bits per heavy atom. The number of aromatic nitrogens is 2. The van der Waals surface area contributed by atoms with Gasteiger partial charge in [-0.2, -0.15) is 5.26 Å². The molecule has 0 saturated carbocycles. The number of hydrogen-bond donors (Lipinski definition) is 0. The maximum atomic E-state index is 9.13. The van der Waals surface area contributed by atoms with Crippen LogP contribution in [0.5, 0.6) is 0 Å². The Balaban J connectivity index is 1.70. The molecule has 0 radical (unpaired) electrons. The highest BCUT2D eigenvalue weighted by Crippen LogP contribution is 2.22. The molecule has 0 spiro atoms. The Hall–Kier alpha value is -2.89. The van der Waals surface area contributed by atoms with Crippen molar-refractivity contribution in [1.29, 1.82) is 5.26 Å². The summed E-state index contributed by atoms with van der Waals surface area (Å²) in [7, 11) is 0. The Morgan fingerprint density at radius 1 is 1.10 bits per heavy atom. The smallest absolute Gasteiger partial charge is 0.234 e. The molecular weight excluding hydrogens is 358 g/mol. The van der Waals surface area contributed by atoms with Crippen molar-refractivity contribution in [3.8, 4) is 17.9 Å². The maximum absolute atomic E-state index is 9.13. The lowest BCUT2D eigenvalue weighted by atomic mass is 9.95. The fourth-order valence-corrected chi connectivity index (χ4v) is 3.48. The van der Waals surface area contributed by atoms with E-state index in [1.54, 1.807) is 6.20 Å². The summed E-state index contributed by atoms with van der Waals surface area (Å²) in [4.78, 5) is 13.0. The van der Waals surface area contributed by atoms with Crippen molar-refractivity contribution in [3.05, 3.63) is 53.5 Å². The molecule has 1 fully saturated rings. The summed E-state index contributed by atoms with van der Waals surface area (Å²) in [6.07, 6.45) is 4.24. The molecule has 1 aromatic heterocycles. The van der Waals surface area contributed by atoms with Gasteiger partial charge in [0.25, 0.3) is 0 Å². The number of benzene rings is 1. The highest BCUT2D eigenvalue weighted by Gasteiger charge is 2.19. The van der Waals surface area contributed by atoms with Gasteiger partial charge in [-0.1, -0.05) is 44.7 Å². The topological polar surface area (TPSA) is 56.0 Å². The zero-order chi connectivity index (χ0) is 20.7. The molecule has 0 atom stereocenters. The van der Waals surface area contributed by atoms with E-state index < -0.39 is 0 Å². The van der Waals surface area contributed by atoms with E-state index in [1.165, 1.54) is 31.5 Å². The Kier molecular flexibility index (Phi) is 6.86.